The van der Waals surface area contributed by atoms with Crippen LogP contribution in [0.1, 0.15) is 30.7 Å². The van der Waals surface area contributed by atoms with E-state index in [9.17, 15) is 0 Å². The van der Waals surface area contributed by atoms with Gasteiger partial charge in [-0.15, -0.1) is 11.3 Å². The molecule has 92 valence electrons. The zero-order valence-electron chi connectivity index (χ0n) is 10.6. The van der Waals surface area contributed by atoms with Crippen LogP contribution in [0.5, 0.6) is 0 Å². The van der Waals surface area contributed by atoms with E-state index in [1.54, 1.807) is 11.3 Å². The lowest BCUT2D eigenvalue weighted by atomic mass is 10.2. The van der Waals surface area contributed by atoms with Crippen LogP contribution >= 0.6 is 27.3 Å². The van der Waals surface area contributed by atoms with Crippen molar-refractivity contribution in [3.05, 3.63) is 16.1 Å². The number of alkyl halides is 1. The highest BCUT2D eigenvalue weighted by Crippen LogP contribution is 2.37. The number of hydrogen-bond acceptors (Lipinski definition) is 3. The molecule has 0 atom stereocenters. The van der Waals surface area contributed by atoms with Crippen LogP contribution in [-0.4, -0.2) is 13.3 Å². The van der Waals surface area contributed by atoms with Gasteiger partial charge < -0.3 is 4.43 Å². The molecule has 0 aromatic carbocycles. The van der Waals surface area contributed by atoms with Gasteiger partial charge in [-0.2, -0.15) is 0 Å². The molecule has 0 unspecified atom stereocenters. The van der Waals surface area contributed by atoms with Crippen LogP contribution in [0.2, 0.25) is 18.1 Å². The predicted molar refractivity (Wildman–Crippen MR) is 76.7 cm³/mol. The van der Waals surface area contributed by atoms with Gasteiger partial charge in [0.05, 0.1) is 11.9 Å². The van der Waals surface area contributed by atoms with Crippen molar-refractivity contribution in [2.75, 3.05) is 0 Å². The number of halogens is 1. The van der Waals surface area contributed by atoms with E-state index >= 15 is 0 Å². The second kappa shape index (κ2) is 5.29. The first-order valence-electron chi connectivity index (χ1n) is 5.40. The Labute approximate surface area is 112 Å². The zero-order chi connectivity index (χ0) is 12.4. The molecule has 16 heavy (non-hydrogen) atoms. The third kappa shape index (κ3) is 3.65. The largest absolute Gasteiger partial charge is 0.412 e. The van der Waals surface area contributed by atoms with Gasteiger partial charge in [-0.05, 0) is 18.1 Å². The molecule has 1 heterocycles. The third-order valence-electron chi connectivity index (χ3n) is 3.10. The summed E-state index contributed by atoms with van der Waals surface area (Å²) < 4.78 is 6.13. The van der Waals surface area contributed by atoms with Crippen LogP contribution in [0.15, 0.2) is 6.20 Å². The quantitative estimate of drug-likeness (QED) is 0.599. The normalized spacial score (nSPS) is 13.1. The van der Waals surface area contributed by atoms with Gasteiger partial charge in [0.25, 0.3) is 0 Å². The van der Waals surface area contributed by atoms with Crippen LogP contribution in [0.4, 0.5) is 0 Å². The first-order chi connectivity index (χ1) is 7.26. The van der Waals surface area contributed by atoms with Gasteiger partial charge in [-0.3, -0.25) is 0 Å². The fraction of sp³-hybridized carbons (Fsp3) is 0.727. The summed E-state index contributed by atoms with van der Waals surface area (Å²) in [4.78, 5) is 5.53. The maximum absolute atomic E-state index is 6.13. The van der Waals surface area contributed by atoms with E-state index in [0.29, 0.717) is 6.61 Å². The van der Waals surface area contributed by atoms with Gasteiger partial charge >= 0.3 is 0 Å². The molecule has 0 aliphatic rings. The molecule has 0 saturated heterocycles. The van der Waals surface area contributed by atoms with Crippen LogP contribution in [0.3, 0.4) is 0 Å². The Bertz CT molecular complexity index is 346. The van der Waals surface area contributed by atoms with Crippen molar-refractivity contribution in [3.63, 3.8) is 0 Å². The van der Waals surface area contributed by atoms with Crippen molar-refractivity contribution in [2.45, 2.75) is 50.8 Å². The van der Waals surface area contributed by atoms with Gasteiger partial charge in [0.15, 0.2) is 8.32 Å². The fourth-order valence-corrected chi connectivity index (χ4v) is 3.17. The Kier molecular flexibility index (Phi) is 4.74. The minimum atomic E-state index is -1.62. The Morgan fingerprint density at radius 2 is 2.06 bits per heavy atom. The van der Waals surface area contributed by atoms with Crippen LogP contribution in [0.25, 0.3) is 0 Å². The first kappa shape index (κ1) is 14.3. The first-order valence-corrected chi connectivity index (χ1v) is 10.2. The molecular weight excluding hydrogens is 302 g/mol. The minimum absolute atomic E-state index is 0.274. The van der Waals surface area contributed by atoms with Gasteiger partial charge in [-0.25, -0.2) is 4.98 Å². The Hall–Kier alpha value is 0.287. The van der Waals surface area contributed by atoms with Crippen molar-refractivity contribution in [1.29, 1.82) is 0 Å². The second-order valence-electron chi connectivity index (χ2n) is 5.40. The summed E-state index contributed by atoms with van der Waals surface area (Å²) >= 11 is 5.13. The smallest absolute Gasteiger partial charge is 0.192 e. The van der Waals surface area contributed by atoms with Crippen molar-refractivity contribution in [2.24, 2.45) is 0 Å². The van der Waals surface area contributed by atoms with Gasteiger partial charge in [0.1, 0.15) is 5.01 Å². The molecule has 1 rings (SSSR count). The van der Waals surface area contributed by atoms with E-state index in [1.165, 1.54) is 4.88 Å². The Balaban J connectivity index is 2.57. The summed E-state index contributed by atoms with van der Waals surface area (Å²) in [6.45, 7) is 12.0. The van der Waals surface area contributed by atoms with E-state index < -0.39 is 8.32 Å². The molecule has 0 spiro atoms. The highest BCUT2D eigenvalue weighted by Gasteiger charge is 2.37. The van der Waals surface area contributed by atoms with Gasteiger partial charge in [0, 0.05) is 11.1 Å². The molecule has 0 aliphatic carbocycles. The lowest BCUT2D eigenvalue weighted by molar-refractivity contribution is 0.279. The summed E-state index contributed by atoms with van der Waals surface area (Å²) in [5.74, 6) is 0. The predicted octanol–water partition coefficient (Wildman–Crippen LogP) is 4.56. The van der Waals surface area contributed by atoms with Crippen LogP contribution in [-0.2, 0) is 16.4 Å². The van der Waals surface area contributed by atoms with Crippen molar-refractivity contribution >= 4 is 35.6 Å². The Morgan fingerprint density at radius 1 is 1.44 bits per heavy atom. The molecule has 0 aliphatic heterocycles. The van der Waals surface area contributed by atoms with Crippen LogP contribution < -0.4 is 0 Å². The molecular formula is C11H20BrNOSSi. The second-order valence-corrected chi connectivity index (χ2v) is 12.0. The minimum Gasteiger partial charge on any atom is -0.412 e. The van der Waals surface area contributed by atoms with E-state index in [4.69, 9.17) is 4.43 Å². The molecule has 0 N–H and O–H groups in total. The highest BCUT2D eigenvalue weighted by molar-refractivity contribution is 9.08. The van der Waals surface area contributed by atoms with Gasteiger partial charge in [-0.1, -0.05) is 36.7 Å². The summed E-state index contributed by atoms with van der Waals surface area (Å²) in [7, 11) is -1.62. The number of aromatic nitrogens is 1. The summed E-state index contributed by atoms with van der Waals surface area (Å²) in [6.07, 6.45) is 1.92. The number of hydrogen-bond donors (Lipinski definition) is 0. The average Bonchev–Trinajstić information content (AvgIpc) is 2.60. The SMILES string of the molecule is CC(C)(C)[Si](C)(C)OCc1cnc(CBr)s1. The lowest BCUT2D eigenvalue weighted by Gasteiger charge is -2.35. The van der Waals surface area contributed by atoms with E-state index in [2.05, 4.69) is 54.8 Å². The summed E-state index contributed by atoms with van der Waals surface area (Å²) in [6, 6.07) is 0. The topological polar surface area (TPSA) is 22.1 Å². The fourth-order valence-electron chi connectivity index (χ4n) is 0.945. The molecule has 5 heteroatoms. The lowest BCUT2D eigenvalue weighted by Crippen LogP contribution is -2.40. The van der Waals surface area contributed by atoms with Crippen molar-refractivity contribution < 1.29 is 4.43 Å². The maximum atomic E-state index is 6.13. The van der Waals surface area contributed by atoms with Gasteiger partial charge in [0.2, 0.25) is 0 Å². The van der Waals surface area contributed by atoms with Crippen molar-refractivity contribution in [3.8, 4) is 0 Å². The van der Waals surface area contributed by atoms with Crippen molar-refractivity contribution in [1.82, 2.24) is 4.98 Å². The Morgan fingerprint density at radius 3 is 2.50 bits per heavy atom. The molecule has 0 bridgehead atoms. The number of nitrogens with zero attached hydrogens (tertiary/aromatic N) is 1. The number of rotatable bonds is 4. The molecule has 1 aromatic heterocycles. The molecule has 1 aromatic rings. The molecule has 0 amide bonds. The van der Waals surface area contributed by atoms with E-state index in [-0.39, 0.29) is 5.04 Å². The van der Waals surface area contributed by atoms with E-state index in [1.807, 2.05) is 6.20 Å². The van der Waals surface area contributed by atoms with E-state index in [0.717, 1.165) is 10.3 Å². The summed E-state index contributed by atoms with van der Waals surface area (Å²) in [5.41, 5.74) is 0. The molecule has 0 fully saturated rings. The highest BCUT2D eigenvalue weighted by atomic mass is 79.9. The molecule has 0 radical (unpaired) electrons. The summed E-state index contributed by atoms with van der Waals surface area (Å²) in [5, 5.41) is 2.22. The maximum Gasteiger partial charge on any atom is 0.192 e. The zero-order valence-corrected chi connectivity index (χ0v) is 14.0. The monoisotopic (exact) mass is 321 g/mol. The number of thiazole rings is 1. The third-order valence-corrected chi connectivity index (χ3v) is 9.45. The molecule has 2 nitrogen and oxygen atoms in total. The van der Waals surface area contributed by atoms with Crippen LogP contribution in [0, 0.1) is 0 Å². The standard InChI is InChI=1S/C11H20BrNOSSi/c1-11(2,3)16(4,5)14-8-9-7-13-10(6-12)15-9/h7H,6,8H2,1-5H3. The molecule has 0 saturated carbocycles. The average molecular weight is 322 g/mol.